The van der Waals surface area contributed by atoms with Gasteiger partial charge in [0.05, 0.1) is 23.8 Å². The fraction of sp³-hybridized carbons (Fsp3) is 0.263. The minimum atomic E-state index is -0.169. The summed E-state index contributed by atoms with van der Waals surface area (Å²) in [7, 11) is 1.81. The summed E-state index contributed by atoms with van der Waals surface area (Å²) in [5.74, 6) is 0.798. The third kappa shape index (κ3) is 3.33. The van der Waals surface area contributed by atoms with Crippen LogP contribution in [0.4, 0.5) is 5.82 Å². The van der Waals surface area contributed by atoms with E-state index in [1.54, 1.807) is 34.2 Å². The number of hydrogen-bond acceptors (Lipinski definition) is 5. The first-order chi connectivity index (χ1) is 13.0. The van der Waals surface area contributed by atoms with Gasteiger partial charge >= 0.3 is 0 Å². The van der Waals surface area contributed by atoms with E-state index < -0.39 is 0 Å². The van der Waals surface area contributed by atoms with Gasteiger partial charge in [-0.15, -0.1) is 0 Å². The quantitative estimate of drug-likeness (QED) is 0.587. The third-order valence-electron chi connectivity index (χ3n) is 4.35. The van der Waals surface area contributed by atoms with Crippen molar-refractivity contribution < 1.29 is 9.21 Å². The van der Waals surface area contributed by atoms with E-state index in [1.165, 1.54) is 0 Å². The Labute approximate surface area is 155 Å². The summed E-state index contributed by atoms with van der Waals surface area (Å²) in [4.78, 5) is 16.8. The van der Waals surface area contributed by atoms with Gasteiger partial charge in [0.25, 0.3) is 0 Å². The molecule has 4 aromatic heterocycles. The summed E-state index contributed by atoms with van der Waals surface area (Å²) >= 11 is 0. The van der Waals surface area contributed by atoms with E-state index in [1.807, 2.05) is 25.2 Å². The van der Waals surface area contributed by atoms with Crippen LogP contribution in [-0.2, 0) is 18.4 Å². The average Bonchev–Trinajstić information content (AvgIpc) is 3.35. The molecule has 1 N–H and O–H groups in total. The maximum atomic E-state index is 12.4. The zero-order valence-corrected chi connectivity index (χ0v) is 15.4. The lowest BCUT2D eigenvalue weighted by Crippen LogP contribution is -2.20. The van der Waals surface area contributed by atoms with E-state index in [9.17, 15) is 4.79 Å². The number of nitrogens with one attached hydrogen (secondary N) is 1. The largest absolute Gasteiger partial charge is 0.464 e. The van der Waals surface area contributed by atoms with Gasteiger partial charge in [-0.25, -0.2) is 0 Å². The SMILES string of the molecule is CC(C)c1cc(NC(=O)Cn2cc(-c3nccc4occc34)cn2)n(C)n1. The van der Waals surface area contributed by atoms with Crippen LogP contribution in [0.2, 0.25) is 0 Å². The number of nitrogens with zero attached hydrogens (tertiary/aromatic N) is 5. The summed E-state index contributed by atoms with van der Waals surface area (Å²) in [5, 5.41) is 12.5. The first-order valence-corrected chi connectivity index (χ1v) is 8.70. The Kier molecular flexibility index (Phi) is 4.23. The molecule has 0 spiro atoms. The summed E-state index contributed by atoms with van der Waals surface area (Å²) in [6.45, 7) is 4.23. The molecule has 0 fully saturated rings. The van der Waals surface area contributed by atoms with E-state index in [0.29, 0.717) is 11.7 Å². The first kappa shape index (κ1) is 17.0. The van der Waals surface area contributed by atoms with Crippen LogP contribution in [0.1, 0.15) is 25.5 Å². The summed E-state index contributed by atoms with van der Waals surface area (Å²) in [6.07, 6.45) is 6.83. The molecule has 0 aliphatic carbocycles. The van der Waals surface area contributed by atoms with Crippen molar-refractivity contribution in [1.82, 2.24) is 24.5 Å². The van der Waals surface area contributed by atoms with Crippen LogP contribution in [-0.4, -0.2) is 30.5 Å². The number of rotatable bonds is 5. The van der Waals surface area contributed by atoms with Crippen molar-refractivity contribution >= 4 is 22.7 Å². The van der Waals surface area contributed by atoms with Crippen LogP contribution in [0.25, 0.3) is 22.2 Å². The van der Waals surface area contributed by atoms with Crippen LogP contribution in [0, 0.1) is 0 Å². The van der Waals surface area contributed by atoms with Crippen molar-refractivity contribution in [2.24, 2.45) is 7.05 Å². The molecule has 8 heteroatoms. The molecule has 27 heavy (non-hydrogen) atoms. The van der Waals surface area contributed by atoms with Gasteiger partial charge in [-0.05, 0) is 18.1 Å². The van der Waals surface area contributed by atoms with Crippen LogP contribution in [0.15, 0.2) is 47.5 Å². The zero-order valence-electron chi connectivity index (χ0n) is 15.4. The van der Waals surface area contributed by atoms with Crippen molar-refractivity contribution in [2.75, 3.05) is 5.32 Å². The lowest BCUT2D eigenvalue weighted by Gasteiger charge is -2.05. The van der Waals surface area contributed by atoms with Crippen molar-refractivity contribution in [3.8, 4) is 11.3 Å². The van der Waals surface area contributed by atoms with E-state index in [2.05, 4.69) is 34.3 Å². The molecule has 4 aromatic rings. The predicted octanol–water partition coefficient (Wildman–Crippen LogP) is 3.19. The highest BCUT2D eigenvalue weighted by Gasteiger charge is 2.13. The fourth-order valence-electron chi connectivity index (χ4n) is 2.92. The molecule has 4 rings (SSSR count). The number of aryl methyl sites for hydroxylation is 1. The molecule has 0 saturated heterocycles. The van der Waals surface area contributed by atoms with E-state index in [4.69, 9.17) is 4.42 Å². The molecule has 0 aromatic carbocycles. The monoisotopic (exact) mass is 364 g/mol. The number of hydrogen-bond donors (Lipinski definition) is 1. The van der Waals surface area contributed by atoms with Crippen LogP contribution >= 0.6 is 0 Å². The standard InChI is InChI=1S/C19H20N6O2/c1-12(2)15-8-17(24(3)23-15)22-18(26)11-25-10-13(9-21-25)19-14-5-7-27-16(14)4-6-20-19/h4-10,12H,11H2,1-3H3,(H,22,26). The normalized spacial score (nSPS) is 11.4. The Morgan fingerprint density at radius 2 is 2.19 bits per heavy atom. The van der Waals surface area contributed by atoms with Gasteiger partial charge in [0, 0.05) is 36.5 Å². The highest BCUT2D eigenvalue weighted by Crippen LogP contribution is 2.26. The minimum Gasteiger partial charge on any atom is -0.464 e. The van der Waals surface area contributed by atoms with Gasteiger partial charge < -0.3 is 9.73 Å². The topological polar surface area (TPSA) is 90.8 Å². The molecular formula is C19H20N6O2. The number of carbonyl (C=O) groups excluding carboxylic acids is 1. The van der Waals surface area contributed by atoms with Crippen molar-refractivity contribution in [3.63, 3.8) is 0 Å². The number of pyridine rings is 1. The van der Waals surface area contributed by atoms with Gasteiger partial charge in [-0.3, -0.25) is 19.1 Å². The summed E-state index contributed by atoms with van der Waals surface area (Å²) < 4.78 is 8.67. The molecule has 138 valence electrons. The fourth-order valence-corrected chi connectivity index (χ4v) is 2.92. The molecule has 0 aliphatic rings. The second kappa shape index (κ2) is 6.71. The molecule has 0 bridgehead atoms. The Hall–Kier alpha value is -3.42. The van der Waals surface area contributed by atoms with Gasteiger partial charge in [-0.1, -0.05) is 13.8 Å². The minimum absolute atomic E-state index is 0.101. The Bertz CT molecular complexity index is 1100. The van der Waals surface area contributed by atoms with Crippen molar-refractivity contribution in [1.29, 1.82) is 0 Å². The van der Waals surface area contributed by atoms with Crippen LogP contribution in [0.3, 0.4) is 0 Å². The van der Waals surface area contributed by atoms with Crippen molar-refractivity contribution in [3.05, 3.63) is 48.7 Å². The second-order valence-corrected chi connectivity index (χ2v) is 6.70. The molecule has 0 saturated carbocycles. The molecule has 0 aliphatic heterocycles. The maximum Gasteiger partial charge on any atom is 0.247 e. The predicted molar refractivity (Wildman–Crippen MR) is 101 cm³/mol. The Morgan fingerprint density at radius 1 is 1.33 bits per heavy atom. The molecule has 0 radical (unpaired) electrons. The number of amides is 1. The average molecular weight is 364 g/mol. The summed E-state index contributed by atoms with van der Waals surface area (Å²) in [5.41, 5.74) is 3.31. The highest BCUT2D eigenvalue weighted by molar-refractivity contribution is 5.91. The number of fused-ring (bicyclic) bond motifs is 1. The van der Waals surface area contributed by atoms with E-state index in [0.717, 1.165) is 27.9 Å². The Morgan fingerprint density at radius 3 is 2.96 bits per heavy atom. The number of furan rings is 1. The van der Waals surface area contributed by atoms with Gasteiger partial charge in [0.2, 0.25) is 5.91 Å². The molecule has 0 atom stereocenters. The van der Waals surface area contributed by atoms with Crippen LogP contribution < -0.4 is 5.32 Å². The molecular weight excluding hydrogens is 344 g/mol. The van der Waals surface area contributed by atoms with Crippen molar-refractivity contribution in [2.45, 2.75) is 26.3 Å². The first-order valence-electron chi connectivity index (χ1n) is 8.70. The molecule has 4 heterocycles. The van der Waals surface area contributed by atoms with Gasteiger partial charge in [0.15, 0.2) is 0 Å². The molecule has 1 amide bonds. The summed E-state index contributed by atoms with van der Waals surface area (Å²) in [6, 6.07) is 5.58. The lowest BCUT2D eigenvalue weighted by atomic mass is 10.1. The third-order valence-corrected chi connectivity index (χ3v) is 4.35. The van der Waals surface area contributed by atoms with E-state index >= 15 is 0 Å². The van der Waals surface area contributed by atoms with Gasteiger partial charge in [0.1, 0.15) is 17.9 Å². The molecule has 8 nitrogen and oxygen atoms in total. The number of aromatic nitrogens is 5. The van der Waals surface area contributed by atoms with E-state index in [-0.39, 0.29) is 12.5 Å². The number of anilines is 1. The zero-order chi connectivity index (χ0) is 19.0. The maximum absolute atomic E-state index is 12.4. The molecule has 0 unspecified atom stereocenters. The highest BCUT2D eigenvalue weighted by atomic mass is 16.3. The second-order valence-electron chi connectivity index (χ2n) is 6.70. The van der Waals surface area contributed by atoms with Crippen LogP contribution in [0.5, 0.6) is 0 Å². The Balaban J connectivity index is 1.49. The smallest absolute Gasteiger partial charge is 0.247 e. The lowest BCUT2D eigenvalue weighted by molar-refractivity contribution is -0.116. The number of carbonyl (C=O) groups is 1. The van der Waals surface area contributed by atoms with Gasteiger partial charge in [-0.2, -0.15) is 10.2 Å².